The van der Waals surface area contributed by atoms with Gasteiger partial charge < -0.3 is 14.5 Å². The maximum atomic E-state index is 6.56. The van der Waals surface area contributed by atoms with Gasteiger partial charge in [-0.25, -0.2) is 4.98 Å². The van der Waals surface area contributed by atoms with Gasteiger partial charge in [0.1, 0.15) is 24.0 Å². The molecule has 0 saturated heterocycles. The van der Waals surface area contributed by atoms with Gasteiger partial charge >= 0.3 is 0 Å². The molecule has 0 spiro atoms. The number of para-hydroxylation sites is 4. The predicted molar refractivity (Wildman–Crippen MR) is 181 cm³/mol. The lowest BCUT2D eigenvalue weighted by Gasteiger charge is -2.22. The molecule has 44 heavy (non-hydrogen) atoms. The molecule has 0 radical (unpaired) electrons. The molecule has 1 aliphatic heterocycles. The summed E-state index contributed by atoms with van der Waals surface area (Å²) in [6.45, 7) is 5.15. The zero-order valence-corrected chi connectivity index (χ0v) is 24.8. The Hall–Kier alpha value is -5.55. The Morgan fingerprint density at radius 2 is 1.27 bits per heavy atom. The quantitative estimate of drug-likeness (QED) is 0.198. The van der Waals surface area contributed by atoms with Gasteiger partial charge in [-0.05, 0) is 78.2 Å². The van der Waals surface area contributed by atoms with E-state index < -0.39 is 0 Å². The van der Waals surface area contributed by atoms with Crippen molar-refractivity contribution in [3.05, 3.63) is 145 Å². The SMILES string of the molecule is CC(C)c1ccnc(-n2c3ccccc3c3ccc(Oc4cccc(N5CN(c6ccccc6)c6ccccc65)c4)cc32)c1. The van der Waals surface area contributed by atoms with Gasteiger partial charge in [0.05, 0.1) is 22.4 Å². The molecule has 5 nitrogen and oxygen atoms in total. The van der Waals surface area contributed by atoms with E-state index in [1.54, 1.807) is 0 Å². The Bertz CT molecular complexity index is 2130. The molecule has 214 valence electrons. The second-order valence-electron chi connectivity index (χ2n) is 11.6. The first-order chi connectivity index (χ1) is 21.6. The molecule has 0 atom stereocenters. The van der Waals surface area contributed by atoms with E-state index in [1.807, 2.05) is 12.3 Å². The number of nitrogens with zero attached hydrogens (tertiary/aromatic N) is 4. The van der Waals surface area contributed by atoms with Crippen LogP contribution < -0.4 is 14.5 Å². The molecule has 0 unspecified atom stereocenters. The minimum absolute atomic E-state index is 0.415. The summed E-state index contributed by atoms with van der Waals surface area (Å²) in [6.07, 6.45) is 1.91. The van der Waals surface area contributed by atoms with Gasteiger partial charge in [0.15, 0.2) is 0 Å². The molecule has 5 heteroatoms. The van der Waals surface area contributed by atoms with Gasteiger partial charge in [0.2, 0.25) is 0 Å². The van der Waals surface area contributed by atoms with Gasteiger partial charge in [-0.15, -0.1) is 0 Å². The maximum Gasteiger partial charge on any atom is 0.137 e. The van der Waals surface area contributed by atoms with Crippen LogP contribution in [0.25, 0.3) is 27.6 Å². The molecule has 1 aliphatic rings. The Kier molecular flexibility index (Phi) is 6.30. The average Bonchev–Trinajstić information content (AvgIpc) is 3.61. The standard InChI is InChI=1S/C39H32N4O/c1-27(2)28-21-22-40-39(23-28)43-35-16-7-6-15-33(35)34-20-19-32(25-38(34)43)44-31-14-10-13-30(24-31)42-26-41(29-11-4-3-5-12-29)36-17-8-9-18-37(36)42/h3-25,27H,26H2,1-2H3. The Balaban J connectivity index is 1.16. The fourth-order valence-corrected chi connectivity index (χ4v) is 6.29. The summed E-state index contributed by atoms with van der Waals surface area (Å²) >= 11 is 0. The van der Waals surface area contributed by atoms with E-state index in [4.69, 9.17) is 9.72 Å². The smallest absolute Gasteiger partial charge is 0.137 e. The van der Waals surface area contributed by atoms with Crippen LogP contribution in [0, 0.1) is 0 Å². The summed E-state index contributed by atoms with van der Waals surface area (Å²) in [6, 6.07) is 46.6. The Morgan fingerprint density at radius 3 is 2.09 bits per heavy atom. The minimum Gasteiger partial charge on any atom is -0.457 e. The lowest BCUT2D eigenvalue weighted by molar-refractivity contribution is 0.483. The molecule has 0 fully saturated rings. The van der Waals surface area contributed by atoms with Crippen LogP contribution in [0.5, 0.6) is 11.5 Å². The first kappa shape index (κ1) is 26.1. The summed E-state index contributed by atoms with van der Waals surface area (Å²) in [5, 5.41) is 2.37. The summed E-state index contributed by atoms with van der Waals surface area (Å²) in [5.41, 5.74) is 8.09. The fourth-order valence-electron chi connectivity index (χ4n) is 6.29. The van der Waals surface area contributed by atoms with Crippen molar-refractivity contribution < 1.29 is 4.74 Å². The lowest BCUT2D eigenvalue weighted by Crippen LogP contribution is -2.23. The number of hydrogen-bond acceptors (Lipinski definition) is 4. The van der Waals surface area contributed by atoms with E-state index >= 15 is 0 Å². The number of hydrogen-bond donors (Lipinski definition) is 0. The number of pyridine rings is 1. The number of anilines is 4. The summed E-state index contributed by atoms with van der Waals surface area (Å²) in [4.78, 5) is 9.48. The van der Waals surface area contributed by atoms with Crippen molar-refractivity contribution in [2.24, 2.45) is 0 Å². The second kappa shape index (κ2) is 10.6. The van der Waals surface area contributed by atoms with Crippen molar-refractivity contribution >= 4 is 44.6 Å². The number of fused-ring (bicyclic) bond motifs is 4. The van der Waals surface area contributed by atoms with Crippen molar-refractivity contribution in [2.45, 2.75) is 19.8 Å². The molecular formula is C39H32N4O. The van der Waals surface area contributed by atoms with Crippen LogP contribution in [0.4, 0.5) is 22.7 Å². The van der Waals surface area contributed by atoms with E-state index in [1.165, 1.54) is 33.4 Å². The summed E-state index contributed by atoms with van der Waals surface area (Å²) < 4.78 is 8.81. The van der Waals surface area contributed by atoms with E-state index in [-0.39, 0.29) is 0 Å². The van der Waals surface area contributed by atoms with Gasteiger partial charge in [0.25, 0.3) is 0 Å². The van der Waals surface area contributed by atoms with E-state index in [0.29, 0.717) is 5.92 Å². The van der Waals surface area contributed by atoms with Crippen LogP contribution in [0.2, 0.25) is 0 Å². The zero-order valence-electron chi connectivity index (χ0n) is 24.8. The molecule has 0 amide bonds. The number of benzene rings is 5. The largest absolute Gasteiger partial charge is 0.457 e. The van der Waals surface area contributed by atoms with Crippen LogP contribution >= 0.6 is 0 Å². The third kappa shape index (κ3) is 4.45. The fraction of sp³-hybridized carbons (Fsp3) is 0.103. The van der Waals surface area contributed by atoms with Crippen LogP contribution in [0.15, 0.2) is 140 Å². The molecule has 0 bridgehead atoms. The molecular weight excluding hydrogens is 540 g/mol. The van der Waals surface area contributed by atoms with Crippen LogP contribution in [-0.4, -0.2) is 16.2 Å². The first-order valence-electron chi connectivity index (χ1n) is 15.1. The highest BCUT2D eigenvalue weighted by Crippen LogP contribution is 2.44. The van der Waals surface area contributed by atoms with Crippen LogP contribution in [0.1, 0.15) is 25.3 Å². The van der Waals surface area contributed by atoms with Crippen LogP contribution in [-0.2, 0) is 0 Å². The highest BCUT2D eigenvalue weighted by atomic mass is 16.5. The molecule has 2 aromatic heterocycles. The van der Waals surface area contributed by atoms with E-state index in [9.17, 15) is 0 Å². The van der Waals surface area contributed by atoms with Gasteiger partial charge in [-0.3, -0.25) is 4.57 Å². The van der Waals surface area contributed by atoms with Crippen molar-refractivity contribution in [2.75, 3.05) is 16.5 Å². The van der Waals surface area contributed by atoms with Crippen molar-refractivity contribution in [3.63, 3.8) is 0 Å². The molecule has 7 aromatic rings. The number of aromatic nitrogens is 2. The van der Waals surface area contributed by atoms with Crippen molar-refractivity contribution in [3.8, 4) is 17.3 Å². The first-order valence-corrected chi connectivity index (χ1v) is 15.1. The zero-order chi connectivity index (χ0) is 29.6. The summed E-state index contributed by atoms with van der Waals surface area (Å²) in [5.74, 6) is 2.90. The van der Waals surface area contributed by atoms with Crippen LogP contribution in [0.3, 0.4) is 0 Å². The molecule has 3 heterocycles. The second-order valence-corrected chi connectivity index (χ2v) is 11.6. The number of rotatable bonds is 6. The lowest BCUT2D eigenvalue weighted by atomic mass is 10.1. The Morgan fingerprint density at radius 1 is 0.591 bits per heavy atom. The maximum absolute atomic E-state index is 6.56. The third-order valence-electron chi connectivity index (χ3n) is 8.49. The van der Waals surface area contributed by atoms with E-state index in [0.717, 1.165) is 40.7 Å². The third-order valence-corrected chi connectivity index (χ3v) is 8.49. The van der Waals surface area contributed by atoms with Gasteiger partial charge in [-0.1, -0.05) is 68.4 Å². The Labute approximate surface area is 257 Å². The highest BCUT2D eigenvalue weighted by Gasteiger charge is 2.27. The topological polar surface area (TPSA) is 33.5 Å². The monoisotopic (exact) mass is 572 g/mol. The molecule has 0 aliphatic carbocycles. The van der Waals surface area contributed by atoms with E-state index in [2.05, 4.69) is 156 Å². The van der Waals surface area contributed by atoms with Crippen molar-refractivity contribution in [1.82, 2.24) is 9.55 Å². The highest BCUT2D eigenvalue weighted by molar-refractivity contribution is 6.09. The molecule has 5 aromatic carbocycles. The van der Waals surface area contributed by atoms with Gasteiger partial charge in [0, 0.05) is 40.5 Å². The molecule has 8 rings (SSSR count). The number of ether oxygens (including phenoxy) is 1. The van der Waals surface area contributed by atoms with Crippen molar-refractivity contribution in [1.29, 1.82) is 0 Å². The minimum atomic E-state index is 0.415. The average molecular weight is 573 g/mol. The summed E-state index contributed by atoms with van der Waals surface area (Å²) in [7, 11) is 0. The van der Waals surface area contributed by atoms with Gasteiger partial charge in [-0.2, -0.15) is 0 Å². The molecule has 0 N–H and O–H groups in total. The predicted octanol–water partition coefficient (Wildman–Crippen LogP) is 10.3. The normalized spacial score (nSPS) is 12.8. The molecule has 0 saturated carbocycles.